The van der Waals surface area contributed by atoms with E-state index < -0.39 is 0 Å². The number of thiazole rings is 1. The van der Waals surface area contributed by atoms with Crippen molar-refractivity contribution in [3.63, 3.8) is 0 Å². The van der Waals surface area contributed by atoms with E-state index in [1.54, 1.807) is 11.3 Å². The number of alkyl halides is 1. The van der Waals surface area contributed by atoms with Gasteiger partial charge in [-0.15, -0.1) is 11.3 Å². The molecule has 0 radical (unpaired) electrons. The van der Waals surface area contributed by atoms with Gasteiger partial charge in [0.05, 0.1) is 6.54 Å². The van der Waals surface area contributed by atoms with Gasteiger partial charge in [0.1, 0.15) is 5.01 Å². The largest absolute Gasteiger partial charge is 0.297 e. The van der Waals surface area contributed by atoms with E-state index in [1.165, 1.54) is 30.9 Å². The van der Waals surface area contributed by atoms with Gasteiger partial charge >= 0.3 is 0 Å². The molecule has 1 saturated heterocycles. The molecular formula is C10H15BrN2S. The summed E-state index contributed by atoms with van der Waals surface area (Å²) in [5, 5.41) is 4.47. The third-order valence-electron chi connectivity index (χ3n) is 2.77. The summed E-state index contributed by atoms with van der Waals surface area (Å²) in [5.41, 5.74) is 0. The number of likely N-dealkylation sites (tertiary alicyclic amines) is 1. The van der Waals surface area contributed by atoms with Crippen LogP contribution in [0.4, 0.5) is 0 Å². The van der Waals surface area contributed by atoms with E-state index in [0.29, 0.717) is 0 Å². The summed E-state index contributed by atoms with van der Waals surface area (Å²) in [6.45, 7) is 3.51. The minimum Gasteiger partial charge on any atom is -0.297 e. The van der Waals surface area contributed by atoms with E-state index >= 15 is 0 Å². The molecule has 0 N–H and O–H groups in total. The maximum absolute atomic E-state index is 4.32. The van der Waals surface area contributed by atoms with Gasteiger partial charge in [-0.1, -0.05) is 15.9 Å². The van der Waals surface area contributed by atoms with Gasteiger partial charge in [0, 0.05) is 16.9 Å². The normalized spacial score (nSPS) is 20.1. The molecule has 0 unspecified atom stereocenters. The van der Waals surface area contributed by atoms with Crippen LogP contribution in [0.2, 0.25) is 0 Å². The van der Waals surface area contributed by atoms with E-state index in [0.717, 1.165) is 17.8 Å². The molecule has 1 aromatic rings. The summed E-state index contributed by atoms with van der Waals surface area (Å²) in [6, 6.07) is 0. The second-order valence-electron chi connectivity index (χ2n) is 3.80. The van der Waals surface area contributed by atoms with Gasteiger partial charge in [-0.2, -0.15) is 0 Å². The predicted molar refractivity (Wildman–Crippen MR) is 63.9 cm³/mol. The van der Waals surface area contributed by atoms with E-state index in [2.05, 4.69) is 31.2 Å². The van der Waals surface area contributed by atoms with Crippen molar-refractivity contribution < 1.29 is 0 Å². The Labute approximate surface area is 97.5 Å². The highest BCUT2D eigenvalue weighted by atomic mass is 79.9. The molecule has 14 heavy (non-hydrogen) atoms. The molecule has 2 nitrogen and oxygen atoms in total. The first kappa shape index (κ1) is 10.6. The molecule has 0 bridgehead atoms. The average molecular weight is 275 g/mol. The highest BCUT2D eigenvalue weighted by Crippen LogP contribution is 2.20. The molecule has 0 aromatic carbocycles. The Balaban J connectivity index is 1.79. The van der Waals surface area contributed by atoms with Crippen molar-refractivity contribution in [3.05, 3.63) is 16.6 Å². The van der Waals surface area contributed by atoms with E-state index in [4.69, 9.17) is 0 Å². The molecule has 78 valence electrons. The zero-order chi connectivity index (χ0) is 9.80. The Hall–Kier alpha value is 0.0700. The monoisotopic (exact) mass is 274 g/mol. The van der Waals surface area contributed by atoms with Crippen LogP contribution in [0.15, 0.2) is 11.6 Å². The maximum Gasteiger partial charge on any atom is 0.107 e. The maximum atomic E-state index is 4.32. The first-order valence-electron chi connectivity index (χ1n) is 5.05. The van der Waals surface area contributed by atoms with Crippen LogP contribution in [-0.4, -0.2) is 28.3 Å². The van der Waals surface area contributed by atoms with Crippen molar-refractivity contribution in [1.82, 2.24) is 9.88 Å². The number of rotatable bonds is 3. The number of hydrogen-bond acceptors (Lipinski definition) is 3. The van der Waals surface area contributed by atoms with Crippen LogP contribution in [0.1, 0.15) is 17.8 Å². The van der Waals surface area contributed by atoms with Gasteiger partial charge in [-0.05, 0) is 31.8 Å². The van der Waals surface area contributed by atoms with Gasteiger partial charge in [0.15, 0.2) is 0 Å². The van der Waals surface area contributed by atoms with Crippen LogP contribution in [0.3, 0.4) is 0 Å². The summed E-state index contributed by atoms with van der Waals surface area (Å²) in [6.07, 6.45) is 4.55. The highest BCUT2D eigenvalue weighted by Gasteiger charge is 2.18. The lowest BCUT2D eigenvalue weighted by Crippen LogP contribution is -2.33. The van der Waals surface area contributed by atoms with Crippen molar-refractivity contribution in [2.75, 3.05) is 18.4 Å². The fourth-order valence-electron chi connectivity index (χ4n) is 1.82. The van der Waals surface area contributed by atoms with Crippen molar-refractivity contribution in [2.45, 2.75) is 19.4 Å². The summed E-state index contributed by atoms with van der Waals surface area (Å²) in [4.78, 5) is 6.83. The van der Waals surface area contributed by atoms with Gasteiger partial charge < -0.3 is 0 Å². The smallest absolute Gasteiger partial charge is 0.107 e. The third kappa shape index (κ3) is 2.78. The topological polar surface area (TPSA) is 16.1 Å². The number of nitrogens with zero attached hydrogens (tertiary/aromatic N) is 2. The van der Waals surface area contributed by atoms with Gasteiger partial charge in [0.25, 0.3) is 0 Å². The van der Waals surface area contributed by atoms with Crippen LogP contribution in [0.5, 0.6) is 0 Å². The van der Waals surface area contributed by atoms with Crippen LogP contribution in [-0.2, 0) is 6.54 Å². The molecule has 1 aliphatic rings. The fraction of sp³-hybridized carbons (Fsp3) is 0.700. The van der Waals surface area contributed by atoms with Crippen LogP contribution < -0.4 is 0 Å². The van der Waals surface area contributed by atoms with Crippen LogP contribution in [0, 0.1) is 5.92 Å². The lowest BCUT2D eigenvalue weighted by Gasteiger charge is -2.30. The molecule has 2 heterocycles. The lowest BCUT2D eigenvalue weighted by atomic mass is 9.99. The van der Waals surface area contributed by atoms with Gasteiger partial charge in [0.2, 0.25) is 0 Å². The second-order valence-corrected chi connectivity index (χ2v) is 5.43. The molecular weight excluding hydrogens is 260 g/mol. The molecule has 0 saturated carbocycles. The van der Waals surface area contributed by atoms with Gasteiger partial charge in [-0.25, -0.2) is 4.98 Å². The Morgan fingerprint density at radius 2 is 2.29 bits per heavy atom. The van der Waals surface area contributed by atoms with Crippen LogP contribution >= 0.6 is 27.3 Å². The molecule has 0 aliphatic carbocycles. The molecule has 2 rings (SSSR count). The van der Waals surface area contributed by atoms with E-state index in [9.17, 15) is 0 Å². The molecule has 0 spiro atoms. The standard InChI is InChI=1S/C10H15BrN2S/c11-7-9-1-4-13(5-2-9)8-10-12-3-6-14-10/h3,6,9H,1-2,4-5,7-8H2. The SMILES string of the molecule is BrCC1CCN(Cc2nccs2)CC1. The minimum absolute atomic E-state index is 0.891. The van der Waals surface area contributed by atoms with Crippen molar-refractivity contribution >= 4 is 27.3 Å². The second kappa shape index (κ2) is 5.24. The molecule has 0 amide bonds. The molecule has 1 aromatic heterocycles. The predicted octanol–water partition coefficient (Wildman–Crippen LogP) is 2.75. The van der Waals surface area contributed by atoms with Gasteiger partial charge in [-0.3, -0.25) is 4.90 Å². The molecule has 1 fully saturated rings. The Kier molecular flexibility index (Phi) is 3.96. The number of hydrogen-bond donors (Lipinski definition) is 0. The van der Waals surface area contributed by atoms with E-state index in [1.807, 2.05) is 6.20 Å². The highest BCUT2D eigenvalue weighted by molar-refractivity contribution is 9.09. The zero-order valence-electron chi connectivity index (χ0n) is 8.16. The molecule has 1 aliphatic heterocycles. The van der Waals surface area contributed by atoms with E-state index in [-0.39, 0.29) is 0 Å². The average Bonchev–Trinajstić information content (AvgIpc) is 2.72. The molecule has 0 atom stereocenters. The quantitative estimate of drug-likeness (QED) is 0.788. The van der Waals surface area contributed by atoms with Crippen molar-refractivity contribution in [2.24, 2.45) is 5.92 Å². The number of halogens is 1. The minimum atomic E-state index is 0.891. The first-order valence-corrected chi connectivity index (χ1v) is 7.05. The Bertz CT molecular complexity index is 255. The fourth-order valence-corrected chi connectivity index (χ4v) is 3.13. The summed E-state index contributed by atoms with van der Waals surface area (Å²) >= 11 is 5.32. The number of piperidine rings is 1. The lowest BCUT2D eigenvalue weighted by molar-refractivity contribution is 0.187. The summed E-state index contributed by atoms with van der Waals surface area (Å²) in [7, 11) is 0. The van der Waals surface area contributed by atoms with Crippen molar-refractivity contribution in [1.29, 1.82) is 0 Å². The van der Waals surface area contributed by atoms with Crippen LogP contribution in [0.25, 0.3) is 0 Å². The third-order valence-corrected chi connectivity index (χ3v) is 4.45. The summed E-state index contributed by atoms with van der Waals surface area (Å²) < 4.78 is 0. The zero-order valence-corrected chi connectivity index (χ0v) is 10.6. The molecule has 4 heteroatoms. The Morgan fingerprint density at radius 1 is 1.50 bits per heavy atom. The number of aromatic nitrogens is 1. The van der Waals surface area contributed by atoms with Crippen molar-refractivity contribution in [3.8, 4) is 0 Å². The first-order chi connectivity index (χ1) is 6.88. The summed E-state index contributed by atoms with van der Waals surface area (Å²) in [5.74, 6) is 0.891. The Morgan fingerprint density at radius 3 is 2.86 bits per heavy atom.